The topological polar surface area (TPSA) is 57.6 Å². The third-order valence-corrected chi connectivity index (χ3v) is 5.65. The van der Waals surface area contributed by atoms with Crippen LogP contribution in [-0.4, -0.2) is 16.8 Å². The quantitative estimate of drug-likeness (QED) is 0.588. The third-order valence-electron chi connectivity index (χ3n) is 4.49. The molecule has 0 bridgehead atoms. The molecule has 0 saturated carbocycles. The molecule has 0 radical (unpaired) electrons. The summed E-state index contributed by atoms with van der Waals surface area (Å²) in [5.74, 6) is -2.41. The molecule has 7 heteroatoms. The van der Waals surface area contributed by atoms with E-state index in [2.05, 4.69) is 0 Å². The molecule has 1 aliphatic rings. The smallest absolute Gasteiger partial charge is 0.294 e. The fraction of sp³-hybridized carbons (Fsp3) is 0.0476. The summed E-state index contributed by atoms with van der Waals surface area (Å²) in [6.45, 7) is 0. The summed E-state index contributed by atoms with van der Waals surface area (Å²) in [4.78, 5) is 27.6. The first kappa shape index (κ1) is 18.4. The Labute approximate surface area is 169 Å². The van der Waals surface area contributed by atoms with Gasteiger partial charge in [-0.15, -0.1) is 11.3 Å². The molecule has 4 rings (SSSR count). The molecule has 2 aromatic carbocycles. The first-order chi connectivity index (χ1) is 13.5. The Hall–Kier alpha value is -2.96. The van der Waals surface area contributed by atoms with Crippen LogP contribution < -0.4 is 4.90 Å². The van der Waals surface area contributed by atoms with Crippen molar-refractivity contribution in [3.8, 4) is 0 Å². The van der Waals surface area contributed by atoms with E-state index in [1.54, 1.807) is 41.8 Å². The number of ketones is 1. The maximum atomic E-state index is 13.6. The van der Waals surface area contributed by atoms with Gasteiger partial charge in [0.05, 0.1) is 21.5 Å². The number of hydrogen-bond acceptors (Lipinski definition) is 4. The van der Waals surface area contributed by atoms with E-state index in [1.165, 1.54) is 28.4 Å². The molecule has 0 saturated heterocycles. The molecule has 28 heavy (non-hydrogen) atoms. The van der Waals surface area contributed by atoms with Crippen molar-refractivity contribution in [3.63, 3.8) is 0 Å². The SMILES string of the molecule is O=C(C1=C(O)C(=O)N(c2ccc(F)c(Cl)c2)C1c1ccccc1)c1cccs1. The highest BCUT2D eigenvalue weighted by molar-refractivity contribution is 7.12. The molecule has 4 nitrogen and oxygen atoms in total. The zero-order valence-electron chi connectivity index (χ0n) is 14.3. The zero-order valence-corrected chi connectivity index (χ0v) is 15.9. The zero-order chi connectivity index (χ0) is 19.8. The number of anilines is 1. The fourth-order valence-electron chi connectivity index (χ4n) is 3.23. The molecule has 3 aromatic rings. The van der Waals surface area contributed by atoms with Gasteiger partial charge in [0, 0.05) is 5.69 Å². The Kier molecular flexibility index (Phi) is 4.75. The lowest BCUT2D eigenvalue weighted by Crippen LogP contribution is -2.31. The van der Waals surface area contributed by atoms with E-state index in [9.17, 15) is 19.1 Å². The van der Waals surface area contributed by atoms with Gasteiger partial charge in [-0.25, -0.2) is 4.39 Å². The van der Waals surface area contributed by atoms with E-state index in [0.29, 0.717) is 10.4 Å². The van der Waals surface area contributed by atoms with E-state index in [-0.39, 0.29) is 16.3 Å². The molecule has 1 aromatic heterocycles. The first-order valence-corrected chi connectivity index (χ1v) is 9.59. The number of rotatable bonds is 4. The second kappa shape index (κ2) is 7.22. The lowest BCUT2D eigenvalue weighted by molar-refractivity contribution is -0.117. The van der Waals surface area contributed by atoms with Gasteiger partial charge in [-0.05, 0) is 35.2 Å². The highest BCUT2D eigenvalue weighted by Crippen LogP contribution is 2.42. The molecule has 0 aliphatic carbocycles. The highest BCUT2D eigenvalue weighted by atomic mass is 35.5. The lowest BCUT2D eigenvalue weighted by Gasteiger charge is -2.27. The molecule has 1 unspecified atom stereocenters. The standard InChI is InChI=1S/C21H13ClFNO3S/c22-14-11-13(8-9-15(14)23)24-18(12-5-2-1-3-6-12)17(20(26)21(24)27)19(25)16-7-4-10-28-16/h1-11,18,26H. The summed E-state index contributed by atoms with van der Waals surface area (Å²) >= 11 is 7.12. The van der Waals surface area contributed by atoms with E-state index >= 15 is 0 Å². The van der Waals surface area contributed by atoms with Gasteiger partial charge < -0.3 is 5.11 Å². The number of Topliss-reactive ketones (excluding diaryl/α,β-unsaturated/α-hetero) is 1. The number of carbonyl (C=O) groups excluding carboxylic acids is 2. The Morgan fingerprint density at radius 3 is 2.50 bits per heavy atom. The van der Waals surface area contributed by atoms with Gasteiger partial charge in [0.25, 0.3) is 5.91 Å². The molecule has 0 spiro atoms. The van der Waals surface area contributed by atoms with Gasteiger partial charge in [-0.3, -0.25) is 14.5 Å². The minimum Gasteiger partial charge on any atom is -0.503 e. The Balaban J connectivity index is 1.89. The van der Waals surface area contributed by atoms with Crippen LogP contribution in [-0.2, 0) is 4.79 Å². The average Bonchev–Trinajstić information content (AvgIpc) is 3.32. The summed E-state index contributed by atoms with van der Waals surface area (Å²) in [6, 6.07) is 15.2. The normalized spacial score (nSPS) is 16.7. The summed E-state index contributed by atoms with van der Waals surface area (Å²) in [6.07, 6.45) is 0. The van der Waals surface area contributed by atoms with Gasteiger partial charge in [-0.2, -0.15) is 0 Å². The van der Waals surface area contributed by atoms with Crippen molar-refractivity contribution in [2.45, 2.75) is 6.04 Å². The van der Waals surface area contributed by atoms with Crippen molar-refractivity contribution in [1.29, 1.82) is 0 Å². The van der Waals surface area contributed by atoms with Crippen molar-refractivity contribution >= 4 is 40.3 Å². The Morgan fingerprint density at radius 1 is 1.11 bits per heavy atom. The van der Waals surface area contributed by atoms with Crippen LogP contribution in [0, 0.1) is 5.82 Å². The highest BCUT2D eigenvalue weighted by Gasteiger charge is 2.44. The molecule has 140 valence electrons. The van der Waals surface area contributed by atoms with E-state index in [0.717, 1.165) is 6.07 Å². The molecule has 1 aliphatic heterocycles. The largest absolute Gasteiger partial charge is 0.503 e. The number of thiophene rings is 1. The number of benzene rings is 2. The van der Waals surface area contributed by atoms with E-state index in [1.807, 2.05) is 6.07 Å². The van der Waals surface area contributed by atoms with Crippen LogP contribution in [0.25, 0.3) is 0 Å². The summed E-state index contributed by atoms with van der Waals surface area (Å²) in [7, 11) is 0. The number of nitrogens with zero attached hydrogens (tertiary/aromatic N) is 1. The average molecular weight is 414 g/mol. The summed E-state index contributed by atoms with van der Waals surface area (Å²) < 4.78 is 13.6. The molecule has 1 amide bonds. The minimum atomic E-state index is -0.857. The molecule has 1 atom stereocenters. The van der Waals surface area contributed by atoms with Crippen molar-refractivity contribution in [2.24, 2.45) is 0 Å². The maximum absolute atomic E-state index is 13.6. The number of aliphatic hydroxyl groups excluding tert-OH is 1. The van der Waals surface area contributed by atoms with Gasteiger partial charge in [0.2, 0.25) is 5.78 Å². The van der Waals surface area contributed by atoms with Crippen molar-refractivity contribution in [1.82, 2.24) is 0 Å². The summed E-state index contributed by atoms with van der Waals surface area (Å²) in [5, 5.41) is 12.2. The van der Waals surface area contributed by atoms with Gasteiger partial charge >= 0.3 is 0 Å². The van der Waals surface area contributed by atoms with E-state index < -0.39 is 29.3 Å². The Morgan fingerprint density at radius 2 is 1.86 bits per heavy atom. The van der Waals surface area contributed by atoms with Crippen molar-refractivity contribution < 1.29 is 19.1 Å². The molecule has 1 N–H and O–H groups in total. The van der Waals surface area contributed by atoms with Crippen LogP contribution in [0.2, 0.25) is 5.02 Å². The molecular formula is C21H13ClFNO3S. The van der Waals surface area contributed by atoms with Crippen LogP contribution in [0.4, 0.5) is 10.1 Å². The number of amides is 1. The number of carbonyl (C=O) groups is 2. The lowest BCUT2D eigenvalue weighted by atomic mass is 9.95. The van der Waals surface area contributed by atoms with Crippen molar-refractivity contribution in [3.05, 3.63) is 98.7 Å². The fourth-order valence-corrected chi connectivity index (χ4v) is 4.08. The van der Waals surface area contributed by atoms with Crippen LogP contribution in [0.15, 0.2) is 77.4 Å². The van der Waals surface area contributed by atoms with Crippen LogP contribution in [0.3, 0.4) is 0 Å². The Bertz CT molecular complexity index is 1100. The van der Waals surface area contributed by atoms with Crippen molar-refractivity contribution in [2.75, 3.05) is 4.90 Å². The monoisotopic (exact) mass is 413 g/mol. The van der Waals surface area contributed by atoms with Crippen LogP contribution in [0.5, 0.6) is 0 Å². The van der Waals surface area contributed by atoms with E-state index in [4.69, 9.17) is 11.6 Å². The second-order valence-corrected chi connectivity index (χ2v) is 7.51. The third kappa shape index (κ3) is 3.00. The molecule has 2 heterocycles. The van der Waals surface area contributed by atoms with Gasteiger partial charge in [0.15, 0.2) is 5.76 Å². The van der Waals surface area contributed by atoms with Gasteiger partial charge in [0.1, 0.15) is 5.82 Å². The first-order valence-electron chi connectivity index (χ1n) is 8.34. The predicted octanol–water partition coefficient (Wildman–Crippen LogP) is 5.32. The maximum Gasteiger partial charge on any atom is 0.294 e. The number of halogens is 2. The molecular weight excluding hydrogens is 401 g/mol. The second-order valence-electron chi connectivity index (χ2n) is 6.16. The predicted molar refractivity (Wildman–Crippen MR) is 106 cm³/mol. The van der Waals surface area contributed by atoms with Crippen LogP contribution in [0.1, 0.15) is 21.3 Å². The molecule has 0 fully saturated rings. The minimum absolute atomic E-state index is 0.0147. The number of hydrogen-bond donors (Lipinski definition) is 1. The number of aliphatic hydroxyl groups is 1. The van der Waals surface area contributed by atoms with Gasteiger partial charge in [-0.1, -0.05) is 48.0 Å². The van der Waals surface area contributed by atoms with Crippen LogP contribution >= 0.6 is 22.9 Å². The summed E-state index contributed by atoms with van der Waals surface area (Å²) in [5.41, 5.74) is 0.908.